The number of aromatic nitrogens is 4. The lowest BCUT2D eigenvalue weighted by molar-refractivity contribution is -0.274. The Morgan fingerprint density at radius 1 is 1.00 bits per heavy atom. The van der Waals surface area contributed by atoms with Crippen molar-refractivity contribution in [2.24, 2.45) is 0 Å². The molecule has 14 heteroatoms. The van der Waals surface area contributed by atoms with Crippen LogP contribution in [-0.4, -0.2) is 47.7 Å². The van der Waals surface area contributed by atoms with Gasteiger partial charge in [-0.05, 0) is 42.5 Å². The molecule has 0 aliphatic carbocycles. The Morgan fingerprint density at radius 3 is 2.47 bits per heavy atom. The number of nitrogens with zero attached hydrogens (tertiary/aromatic N) is 4. The van der Waals surface area contributed by atoms with Crippen molar-refractivity contribution in [3.63, 3.8) is 0 Å². The first kappa shape index (κ1) is 23.4. The molecule has 2 aromatic carbocycles. The van der Waals surface area contributed by atoms with E-state index in [2.05, 4.69) is 24.8 Å². The average molecular weight is 497 g/mol. The molecule has 4 rings (SSSR count). The quantitative estimate of drug-likeness (QED) is 0.294. The number of benzene rings is 2. The van der Waals surface area contributed by atoms with Crippen molar-refractivity contribution in [2.45, 2.75) is 11.3 Å². The van der Waals surface area contributed by atoms with Crippen LogP contribution in [0.5, 0.6) is 11.6 Å². The summed E-state index contributed by atoms with van der Waals surface area (Å²) >= 11 is 0. The van der Waals surface area contributed by atoms with Gasteiger partial charge in [0.05, 0.1) is 4.90 Å². The van der Waals surface area contributed by atoms with Gasteiger partial charge < -0.3 is 9.47 Å². The number of sulfonamides is 1. The predicted octanol–water partition coefficient (Wildman–Crippen LogP) is 3.19. The van der Waals surface area contributed by atoms with Crippen LogP contribution in [0, 0.1) is 5.82 Å². The minimum atomic E-state index is -4.88. The summed E-state index contributed by atoms with van der Waals surface area (Å²) in [6, 6.07) is 12.6. The summed E-state index contributed by atoms with van der Waals surface area (Å²) in [6.07, 6.45) is -4.88. The van der Waals surface area contributed by atoms with Gasteiger partial charge in [-0.15, -0.1) is 28.5 Å². The van der Waals surface area contributed by atoms with Gasteiger partial charge in [0.25, 0.3) is 0 Å². The highest BCUT2D eigenvalue weighted by molar-refractivity contribution is 7.89. The van der Waals surface area contributed by atoms with Crippen molar-refractivity contribution in [1.82, 2.24) is 24.5 Å². The van der Waals surface area contributed by atoms with Gasteiger partial charge in [-0.1, -0.05) is 12.1 Å². The van der Waals surface area contributed by atoms with E-state index in [4.69, 9.17) is 4.74 Å². The highest BCUT2D eigenvalue weighted by atomic mass is 32.2. The van der Waals surface area contributed by atoms with E-state index in [9.17, 15) is 26.0 Å². The number of halogens is 4. The van der Waals surface area contributed by atoms with Gasteiger partial charge >= 0.3 is 6.36 Å². The molecule has 4 aromatic rings. The maximum Gasteiger partial charge on any atom is 0.573 e. The van der Waals surface area contributed by atoms with Crippen LogP contribution in [0.15, 0.2) is 65.6 Å². The predicted molar refractivity (Wildman–Crippen MR) is 110 cm³/mol. The third-order valence-corrected chi connectivity index (χ3v) is 5.81. The number of alkyl halides is 3. The summed E-state index contributed by atoms with van der Waals surface area (Å²) in [5, 5.41) is 12.2. The molecule has 0 aliphatic rings. The van der Waals surface area contributed by atoms with Crippen LogP contribution in [0.1, 0.15) is 0 Å². The van der Waals surface area contributed by atoms with E-state index >= 15 is 0 Å². The normalized spacial score (nSPS) is 12.1. The molecule has 0 spiro atoms. The summed E-state index contributed by atoms with van der Waals surface area (Å²) in [4.78, 5) is -0.245. The third-order valence-electron chi connectivity index (χ3n) is 4.33. The van der Waals surface area contributed by atoms with Crippen LogP contribution in [-0.2, 0) is 10.0 Å². The number of hydrogen-bond donors (Lipinski definition) is 1. The van der Waals surface area contributed by atoms with Gasteiger partial charge in [0.2, 0.25) is 15.9 Å². The number of ether oxygens (including phenoxy) is 2. The molecule has 2 heterocycles. The van der Waals surface area contributed by atoms with Crippen molar-refractivity contribution >= 4 is 15.7 Å². The van der Waals surface area contributed by atoms with Crippen molar-refractivity contribution in [2.75, 3.05) is 13.2 Å². The highest BCUT2D eigenvalue weighted by Crippen LogP contribution is 2.24. The molecule has 0 aliphatic heterocycles. The Kier molecular flexibility index (Phi) is 6.34. The van der Waals surface area contributed by atoms with Gasteiger partial charge in [0.1, 0.15) is 18.2 Å². The molecule has 9 nitrogen and oxygen atoms in total. The molecule has 0 unspecified atom stereocenters. The van der Waals surface area contributed by atoms with Gasteiger partial charge in [-0.2, -0.15) is 4.52 Å². The van der Waals surface area contributed by atoms with E-state index in [0.29, 0.717) is 17.0 Å². The van der Waals surface area contributed by atoms with Crippen molar-refractivity contribution in [3.8, 4) is 23.0 Å². The van der Waals surface area contributed by atoms with Gasteiger partial charge in [-0.25, -0.2) is 17.5 Å². The number of nitrogens with one attached hydrogen (secondary N) is 1. The van der Waals surface area contributed by atoms with E-state index in [-0.39, 0.29) is 23.9 Å². The fourth-order valence-electron chi connectivity index (χ4n) is 2.89. The number of hydrogen-bond acceptors (Lipinski definition) is 7. The van der Waals surface area contributed by atoms with Crippen LogP contribution < -0.4 is 14.2 Å². The maximum atomic E-state index is 13.5. The average Bonchev–Trinajstić information content (AvgIpc) is 3.19. The van der Waals surface area contributed by atoms with Crippen LogP contribution in [0.2, 0.25) is 0 Å². The fraction of sp³-hybridized carbons (Fsp3) is 0.150. The molecule has 0 radical (unpaired) electrons. The Bertz CT molecular complexity index is 1410. The molecule has 0 saturated carbocycles. The van der Waals surface area contributed by atoms with E-state index in [1.54, 1.807) is 12.1 Å². The Morgan fingerprint density at radius 2 is 1.76 bits per heavy atom. The smallest absolute Gasteiger partial charge is 0.475 e. The molecule has 1 N–H and O–H groups in total. The first-order valence-electron chi connectivity index (χ1n) is 9.57. The fourth-order valence-corrected chi connectivity index (χ4v) is 3.91. The first-order valence-corrected chi connectivity index (χ1v) is 11.1. The first-order chi connectivity index (χ1) is 16.1. The molecular weight excluding hydrogens is 482 g/mol. The Balaban J connectivity index is 1.38. The molecule has 0 saturated heterocycles. The lowest BCUT2D eigenvalue weighted by atomic mass is 10.2. The second kappa shape index (κ2) is 9.23. The monoisotopic (exact) mass is 497 g/mol. The molecule has 34 heavy (non-hydrogen) atoms. The zero-order valence-electron chi connectivity index (χ0n) is 17.0. The minimum Gasteiger partial charge on any atom is -0.475 e. The summed E-state index contributed by atoms with van der Waals surface area (Å²) in [6.45, 7) is -0.258. The zero-order chi connectivity index (χ0) is 24.3. The Hall–Kier alpha value is -3.78. The lowest BCUT2D eigenvalue weighted by Crippen LogP contribution is -2.28. The maximum absolute atomic E-state index is 13.5. The minimum absolute atomic E-state index is 0.107. The van der Waals surface area contributed by atoms with Crippen molar-refractivity contribution in [1.29, 1.82) is 0 Å². The topological polar surface area (TPSA) is 108 Å². The van der Waals surface area contributed by atoms with E-state index in [1.807, 2.05) is 0 Å². The molecule has 2 aromatic heterocycles. The summed E-state index contributed by atoms with van der Waals surface area (Å²) in [5.74, 6) is -0.560. The molecule has 0 bridgehead atoms. The Labute approximate surface area is 190 Å². The van der Waals surface area contributed by atoms with E-state index in [0.717, 1.165) is 24.3 Å². The van der Waals surface area contributed by atoms with Crippen molar-refractivity contribution in [3.05, 3.63) is 66.5 Å². The molecule has 0 fully saturated rings. The van der Waals surface area contributed by atoms with E-state index in [1.165, 1.54) is 28.8 Å². The van der Waals surface area contributed by atoms with Gasteiger partial charge in [-0.3, -0.25) is 0 Å². The second-order valence-corrected chi connectivity index (χ2v) is 8.51. The lowest BCUT2D eigenvalue weighted by Gasteiger charge is -2.10. The molecule has 178 valence electrons. The largest absolute Gasteiger partial charge is 0.573 e. The van der Waals surface area contributed by atoms with Crippen molar-refractivity contribution < 1.29 is 35.5 Å². The SMILES string of the molecule is O=S(=O)(NCCOc1ccc2nnc(-c3cccc(F)c3)n2n1)c1ccc(OC(F)(F)F)cc1. The molecular formula is C20H15F4N5O4S. The van der Waals surface area contributed by atoms with Gasteiger partial charge in [0, 0.05) is 18.2 Å². The van der Waals surface area contributed by atoms with E-state index < -0.39 is 28.0 Å². The summed E-state index contributed by atoms with van der Waals surface area (Å²) < 4.78 is 87.6. The summed E-state index contributed by atoms with van der Waals surface area (Å²) in [7, 11) is -4.00. The standard InChI is InChI=1S/C20H15F4N5O4S/c21-14-3-1-2-13(12-14)19-27-26-17-8-9-18(28-29(17)19)32-11-10-25-34(30,31)16-6-4-15(5-7-16)33-20(22,23)24/h1-9,12,25H,10-11H2. The number of rotatable bonds is 8. The third kappa shape index (κ3) is 5.58. The second-order valence-electron chi connectivity index (χ2n) is 6.74. The van der Waals surface area contributed by atoms with Crippen LogP contribution >= 0.6 is 0 Å². The molecule has 0 atom stereocenters. The van der Waals surface area contributed by atoms with Crippen LogP contribution in [0.3, 0.4) is 0 Å². The van der Waals surface area contributed by atoms with Crippen LogP contribution in [0.25, 0.3) is 17.0 Å². The van der Waals surface area contributed by atoms with Crippen LogP contribution in [0.4, 0.5) is 17.6 Å². The zero-order valence-corrected chi connectivity index (χ0v) is 17.8. The number of fused-ring (bicyclic) bond motifs is 1. The molecule has 0 amide bonds. The van der Waals surface area contributed by atoms with Gasteiger partial charge in [0.15, 0.2) is 11.5 Å². The highest BCUT2D eigenvalue weighted by Gasteiger charge is 2.31. The summed E-state index contributed by atoms with van der Waals surface area (Å²) in [5.41, 5.74) is 0.849.